The Labute approximate surface area is 254 Å². The molecule has 256 valence electrons. The number of fused-ring (bicyclic) bond motifs is 1. The number of hydrogen-bond donors (Lipinski definition) is 10. The normalized spacial score (nSPS) is 55.4. The minimum Gasteiger partial charge on any atom is -0.427 e. The van der Waals surface area contributed by atoms with Crippen LogP contribution >= 0.6 is 0 Å². The van der Waals surface area contributed by atoms with Crippen LogP contribution in [0.3, 0.4) is 0 Å². The molecule has 5 fully saturated rings. The molecule has 16 heteroatoms. The zero-order valence-electron chi connectivity index (χ0n) is 24.8. The summed E-state index contributed by atoms with van der Waals surface area (Å²) in [6.45, 7) is 0.897. The lowest BCUT2D eigenvalue weighted by atomic mass is 9.72. The van der Waals surface area contributed by atoms with Gasteiger partial charge >= 0.3 is 0 Å². The van der Waals surface area contributed by atoms with Crippen molar-refractivity contribution in [2.75, 3.05) is 13.7 Å². The van der Waals surface area contributed by atoms with E-state index in [0.29, 0.717) is 6.42 Å². The molecule has 3 saturated heterocycles. The Hall–Kier alpha value is -0.640. The van der Waals surface area contributed by atoms with Crippen molar-refractivity contribution >= 4 is 0 Å². The molecule has 0 aromatic rings. The van der Waals surface area contributed by atoms with E-state index in [1.807, 2.05) is 0 Å². The van der Waals surface area contributed by atoms with Crippen LogP contribution in [0.2, 0.25) is 0 Å². The van der Waals surface area contributed by atoms with Gasteiger partial charge in [-0.2, -0.15) is 0 Å². The van der Waals surface area contributed by atoms with Crippen molar-refractivity contribution in [1.82, 2.24) is 0 Å². The highest BCUT2D eigenvalue weighted by Gasteiger charge is 2.57. The quantitative estimate of drug-likeness (QED) is 0.117. The Morgan fingerprint density at radius 2 is 1.30 bits per heavy atom. The van der Waals surface area contributed by atoms with Gasteiger partial charge in [-0.3, -0.25) is 0 Å². The fourth-order valence-corrected chi connectivity index (χ4v) is 7.56. The van der Waals surface area contributed by atoms with E-state index in [2.05, 4.69) is 0 Å². The van der Waals surface area contributed by atoms with Crippen LogP contribution in [0.15, 0.2) is 0 Å². The molecule has 5 aliphatic rings. The van der Waals surface area contributed by atoms with Gasteiger partial charge in [0.1, 0.15) is 54.9 Å². The van der Waals surface area contributed by atoms with Crippen LogP contribution in [-0.4, -0.2) is 180 Å². The van der Waals surface area contributed by atoms with E-state index in [0.717, 1.165) is 0 Å². The fraction of sp³-hybridized carbons (Fsp3) is 1.00. The third kappa shape index (κ3) is 6.82. The molecule has 2 saturated carbocycles. The predicted octanol–water partition coefficient (Wildman–Crippen LogP) is -5.03. The van der Waals surface area contributed by atoms with Crippen LogP contribution < -0.4 is 0 Å². The maximum absolute atomic E-state index is 10.8. The van der Waals surface area contributed by atoms with Crippen LogP contribution in [0.1, 0.15) is 39.0 Å². The van der Waals surface area contributed by atoms with Crippen molar-refractivity contribution in [2.45, 2.75) is 149 Å². The summed E-state index contributed by atoms with van der Waals surface area (Å²) >= 11 is 0. The van der Waals surface area contributed by atoms with Crippen LogP contribution in [-0.2, 0) is 23.7 Å². The van der Waals surface area contributed by atoms with Crippen LogP contribution in [0.25, 0.3) is 0 Å². The molecule has 0 aromatic heterocycles. The second-order valence-corrected chi connectivity index (χ2v) is 13.0. The van der Waals surface area contributed by atoms with Gasteiger partial charge in [-0.15, -0.1) is 0 Å². The smallest absolute Gasteiger partial charge is 0.187 e. The average molecular weight is 642 g/mol. The van der Waals surface area contributed by atoms with E-state index in [9.17, 15) is 51.1 Å². The van der Waals surface area contributed by atoms with E-state index < -0.39 is 123 Å². The van der Waals surface area contributed by atoms with Crippen molar-refractivity contribution in [2.24, 2.45) is 11.8 Å². The lowest BCUT2D eigenvalue weighted by Gasteiger charge is -2.50. The second-order valence-electron chi connectivity index (χ2n) is 13.0. The van der Waals surface area contributed by atoms with E-state index in [4.69, 9.17) is 28.4 Å². The van der Waals surface area contributed by atoms with E-state index in [-0.39, 0.29) is 31.6 Å². The highest BCUT2D eigenvalue weighted by Crippen LogP contribution is 2.44. The molecule has 0 radical (unpaired) electrons. The molecule has 0 aromatic carbocycles. The number of ether oxygens (including phenoxy) is 6. The second kappa shape index (κ2) is 14.2. The molecule has 2 aliphatic carbocycles. The molecule has 10 unspecified atom stereocenters. The summed E-state index contributed by atoms with van der Waals surface area (Å²) in [5.41, 5.74) is 0. The third-order valence-electron chi connectivity index (χ3n) is 10.2. The number of aliphatic hydroxyl groups excluding tert-OH is 10. The lowest BCUT2D eigenvalue weighted by Crippen LogP contribution is -2.64. The summed E-state index contributed by atoms with van der Waals surface area (Å²) in [6.07, 6.45) is -19.4. The van der Waals surface area contributed by atoms with Crippen molar-refractivity contribution in [1.29, 1.82) is 0 Å². The highest BCUT2D eigenvalue weighted by molar-refractivity contribution is 5.00. The molecule has 3 aliphatic heterocycles. The predicted molar refractivity (Wildman–Crippen MR) is 145 cm³/mol. The van der Waals surface area contributed by atoms with Crippen LogP contribution in [0.4, 0.5) is 0 Å². The van der Waals surface area contributed by atoms with E-state index in [1.54, 1.807) is 0 Å². The van der Waals surface area contributed by atoms with Gasteiger partial charge in [0.15, 0.2) is 24.8 Å². The summed E-state index contributed by atoms with van der Waals surface area (Å²) in [5, 5.41) is 104. The zero-order valence-corrected chi connectivity index (χ0v) is 24.8. The first-order valence-electron chi connectivity index (χ1n) is 15.4. The number of rotatable bonds is 7. The molecule has 11 N–H and O–H groups in total. The molecular formula is C28H49O16+. The van der Waals surface area contributed by atoms with E-state index >= 15 is 0 Å². The Balaban J connectivity index is 1.40. The van der Waals surface area contributed by atoms with Crippen molar-refractivity contribution < 1.29 is 79.5 Å². The van der Waals surface area contributed by atoms with Gasteiger partial charge < -0.3 is 79.5 Å². The summed E-state index contributed by atoms with van der Waals surface area (Å²) < 4.78 is 34.2. The monoisotopic (exact) mass is 641 g/mol. The van der Waals surface area contributed by atoms with Gasteiger partial charge in [-0.25, -0.2) is 0 Å². The molecule has 0 amide bonds. The first kappa shape index (κ1) is 34.7. The Morgan fingerprint density at radius 1 is 0.659 bits per heavy atom. The molecule has 0 bridgehead atoms. The summed E-state index contributed by atoms with van der Waals surface area (Å²) in [6, 6.07) is 0. The molecule has 44 heavy (non-hydrogen) atoms. The molecule has 5 rings (SSSR count). The molecule has 0 spiro atoms. The number of hydrogen-bond acceptors (Lipinski definition) is 15. The molecule has 20 atom stereocenters. The Morgan fingerprint density at radius 3 is 1.95 bits per heavy atom. The summed E-state index contributed by atoms with van der Waals surface area (Å²) in [7, 11) is 1.43. The van der Waals surface area contributed by atoms with Gasteiger partial charge in [-0.05, 0) is 26.2 Å². The maximum atomic E-state index is 10.8. The maximum Gasteiger partial charge on any atom is 0.187 e. The minimum absolute atomic E-state index is 0.119. The molecule has 3 heterocycles. The average Bonchev–Trinajstić information content (AvgIpc) is 3.00. The van der Waals surface area contributed by atoms with Crippen molar-refractivity contribution in [3.8, 4) is 0 Å². The largest absolute Gasteiger partial charge is 0.427 e. The third-order valence-corrected chi connectivity index (χ3v) is 10.2. The Bertz CT molecular complexity index is 928. The summed E-state index contributed by atoms with van der Waals surface area (Å²) in [5.74, 6) is -0.778. The van der Waals surface area contributed by atoms with Gasteiger partial charge in [0, 0.05) is 25.9 Å². The van der Waals surface area contributed by atoms with Gasteiger partial charge in [0.2, 0.25) is 0 Å². The van der Waals surface area contributed by atoms with Gasteiger partial charge in [-0.1, -0.05) is 0 Å². The summed E-state index contributed by atoms with van der Waals surface area (Å²) in [4.78, 5) is 0. The van der Waals surface area contributed by atoms with Crippen LogP contribution in [0, 0.1) is 11.8 Å². The van der Waals surface area contributed by atoms with Crippen molar-refractivity contribution in [3.05, 3.63) is 0 Å². The molecule has 16 nitrogen and oxygen atoms in total. The lowest BCUT2D eigenvalue weighted by molar-refractivity contribution is -0.366. The first-order chi connectivity index (χ1) is 20.8. The van der Waals surface area contributed by atoms with Gasteiger partial charge in [0.05, 0.1) is 43.0 Å². The number of methoxy groups -OCH3 is 1. The zero-order chi connectivity index (χ0) is 32.0. The van der Waals surface area contributed by atoms with E-state index in [1.165, 1.54) is 14.0 Å². The van der Waals surface area contributed by atoms with Gasteiger partial charge in [0.25, 0.3) is 0 Å². The first-order valence-corrected chi connectivity index (χ1v) is 15.4. The highest BCUT2D eigenvalue weighted by atomic mass is 16.7. The van der Waals surface area contributed by atoms with Crippen molar-refractivity contribution in [3.63, 3.8) is 0 Å². The number of aliphatic hydroxyl groups is 12. The molecular weight excluding hydrogens is 592 g/mol. The minimum atomic E-state index is -1.65. The fourth-order valence-electron chi connectivity index (χ4n) is 7.56. The standard InChI is InChI=1S/C28H48O16/c1-9-19(32)22(35)24(37)27(40-9)43-17-7-12-14(41-26(17)10-3-13(31)20(33)16(4-10)39-2)5-11(30)6-15(12)42-28-25(38)23(36)21(34)18(8-29)44-28/h9-38H,3-8H2,1-2H3/p+1/t9-,10?,11?,12?,13?,14?,15?,16?,17?,18+,19-,20?,21+,22+,23-,24+,25+,26?,27-,28+/m0/s1. The Kier molecular flexibility index (Phi) is 11.2. The SMILES string of the molecule is COC1CC(C2[OH+]C3CC(O)CC(O[C@@H]4O[C@H](CO)[C@@H](O)[C@H](O)[C@H]4O)C3CC2O[C@@H]2O[C@@H](C)[C@H](O)[C@@H](O)[C@H]2O)CC(O)C1O. The van der Waals surface area contributed by atoms with Crippen LogP contribution in [0.5, 0.6) is 0 Å². The topological polar surface area (TPSA) is 261 Å².